The summed E-state index contributed by atoms with van der Waals surface area (Å²) < 4.78 is 51.2. The molecular formula is C22H24FN3O5S. The number of ether oxygens (including phenoxy) is 1. The molecule has 1 atom stereocenters. The first-order valence-corrected chi connectivity index (χ1v) is 11.9. The summed E-state index contributed by atoms with van der Waals surface area (Å²) in [5, 5.41) is 6.37. The van der Waals surface area contributed by atoms with E-state index < -0.39 is 21.9 Å². The van der Waals surface area contributed by atoms with Gasteiger partial charge in [-0.1, -0.05) is 0 Å². The van der Waals surface area contributed by atoms with Gasteiger partial charge in [0.2, 0.25) is 10.0 Å². The van der Waals surface area contributed by atoms with Gasteiger partial charge in [-0.05, 0) is 30.3 Å². The fourth-order valence-corrected chi connectivity index (χ4v) is 4.29. The Hall–Kier alpha value is -2.95. The number of benzene rings is 2. The highest BCUT2D eigenvalue weighted by atomic mass is 32.2. The van der Waals surface area contributed by atoms with Gasteiger partial charge in [0.15, 0.2) is 0 Å². The van der Waals surface area contributed by atoms with E-state index in [4.69, 9.17) is 9.15 Å². The van der Waals surface area contributed by atoms with Crippen LogP contribution in [0, 0.1) is 5.82 Å². The third kappa shape index (κ3) is 4.08. The molecule has 1 unspecified atom stereocenters. The number of anilines is 1. The maximum atomic E-state index is 13.5. The summed E-state index contributed by atoms with van der Waals surface area (Å²) in [6.45, 7) is 1.66. The molecule has 1 fully saturated rings. The molecule has 1 aromatic heterocycles. The van der Waals surface area contributed by atoms with Crippen molar-refractivity contribution in [1.29, 1.82) is 0 Å². The van der Waals surface area contributed by atoms with E-state index in [1.54, 1.807) is 12.1 Å². The molecule has 0 saturated carbocycles. The molecule has 2 N–H and O–H groups in total. The molecule has 1 saturated heterocycles. The molecule has 1 aliphatic rings. The molecule has 1 aliphatic heterocycles. The van der Waals surface area contributed by atoms with Crippen LogP contribution in [-0.2, 0) is 14.8 Å². The number of sulfonamides is 1. The number of amides is 1. The van der Waals surface area contributed by atoms with Crippen LogP contribution in [0.1, 0.15) is 22.0 Å². The fraction of sp³-hybridized carbons (Fsp3) is 0.318. The Bertz CT molecular complexity index is 1260. The molecule has 2 aromatic carbocycles. The van der Waals surface area contributed by atoms with E-state index in [0.29, 0.717) is 47.5 Å². The highest BCUT2D eigenvalue weighted by Gasteiger charge is 2.28. The Balaban J connectivity index is 2.00. The second kappa shape index (κ2) is 8.53. The van der Waals surface area contributed by atoms with Crippen molar-refractivity contribution in [3.8, 4) is 11.3 Å². The molecular weight excluding hydrogens is 437 g/mol. The molecule has 1 amide bonds. The number of morpholine rings is 1. The maximum absolute atomic E-state index is 13.5. The van der Waals surface area contributed by atoms with Gasteiger partial charge in [0.05, 0.1) is 30.2 Å². The third-order valence-electron chi connectivity index (χ3n) is 5.51. The number of fused-ring (bicyclic) bond motifs is 1. The highest BCUT2D eigenvalue weighted by Crippen LogP contribution is 2.40. The minimum atomic E-state index is -3.57. The highest BCUT2D eigenvalue weighted by molar-refractivity contribution is 7.92. The van der Waals surface area contributed by atoms with Crippen molar-refractivity contribution in [1.82, 2.24) is 10.6 Å². The van der Waals surface area contributed by atoms with Crippen molar-refractivity contribution >= 4 is 32.6 Å². The molecule has 0 radical (unpaired) electrons. The lowest BCUT2D eigenvalue weighted by Gasteiger charge is -2.28. The Kier molecular flexibility index (Phi) is 5.93. The van der Waals surface area contributed by atoms with Crippen molar-refractivity contribution in [2.45, 2.75) is 6.10 Å². The van der Waals surface area contributed by atoms with Crippen LogP contribution in [0.5, 0.6) is 0 Å². The first kappa shape index (κ1) is 22.3. The topological polar surface area (TPSA) is 101 Å². The fourth-order valence-electron chi connectivity index (χ4n) is 3.78. The molecule has 32 heavy (non-hydrogen) atoms. The minimum absolute atomic E-state index is 0.271. The Morgan fingerprint density at radius 1 is 1.25 bits per heavy atom. The zero-order valence-corrected chi connectivity index (χ0v) is 18.8. The predicted molar refractivity (Wildman–Crippen MR) is 120 cm³/mol. The standard InChI is InChI=1S/C22H24FN3O5S/c1-24-22(27)20-16-10-15(19-12-25-8-9-30-19)17(26(2)32(3,28)29)11-18(16)31-21(20)13-4-6-14(23)7-5-13/h4-7,10-11,19,25H,8-9,12H2,1-3H3,(H,24,27). The first-order valence-electron chi connectivity index (χ1n) is 10.1. The van der Waals surface area contributed by atoms with E-state index in [2.05, 4.69) is 10.6 Å². The summed E-state index contributed by atoms with van der Waals surface area (Å²) in [6, 6.07) is 8.96. The molecule has 8 nitrogen and oxygen atoms in total. The number of rotatable bonds is 5. The molecule has 10 heteroatoms. The van der Waals surface area contributed by atoms with Gasteiger partial charge in [-0.2, -0.15) is 0 Å². The van der Waals surface area contributed by atoms with Gasteiger partial charge < -0.3 is 19.8 Å². The summed E-state index contributed by atoms with van der Waals surface area (Å²) in [5.74, 6) is -0.513. The Morgan fingerprint density at radius 2 is 1.97 bits per heavy atom. The number of carbonyl (C=O) groups is 1. The van der Waals surface area contributed by atoms with Gasteiger partial charge in [0.1, 0.15) is 17.2 Å². The van der Waals surface area contributed by atoms with Crippen LogP contribution in [0.3, 0.4) is 0 Å². The summed E-state index contributed by atoms with van der Waals surface area (Å²) in [4.78, 5) is 12.8. The number of nitrogens with one attached hydrogen (secondary N) is 2. The molecule has 3 aromatic rings. The van der Waals surface area contributed by atoms with Crippen LogP contribution in [0.25, 0.3) is 22.3 Å². The lowest BCUT2D eigenvalue weighted by molar-refractivity contribution is 0.0281. The summed E-state index contributed by atoms with van der Waals surface area (Å²) in [5.41, 5.74) is 2.16. The van der Waals surface area contributed by atoms with Crippen LogP contribution >= 0.6 is 0 Å². The van der Waals surface area contributed by atoms with Gasteiger partial charge in [-0.15, -0.1) is 0 Å². The van der Waals surface area contributed by atoms with Crippen LogP contribution < -0.4 is 14.9 Å². The smallest absolute Gasteiger partial charge is 0.255 e. The lowest BCUT2D eigenvalue weighted by atomic mass is 9.99. The van der Waals surface area contributed by atoms with Crippen molar-refractivity contribution in [2.24, 2.45) is 0 Å². The average Bonchev–Trinajstić information content (AvgIpc) is 3.16. The van der Waals surface area contributed by atoms with Crippen molar-refractivity contribution in [3.05, 3.63) is 53.3 Å². The van der Waals surface area contributed by atoms with Crippen molar-refractivity contribution in [3.63, 3.8) is 0 Å². The summed E-state index contributed by atoms with van der Waals surface area (Å²) in [6.07, 6.45) is 0.706. The number of hydrogen-bond donors (Lipinski definition) is 2. The average molecular weight is 462 g/mol. The lowest BCUT2D eigenvalue weighted by Crippen LogP contribution is -2.35. The van der Waals surface area contributed by atoms with E-state index in [1.165, 1.54) is 42.7 Å². The van der Waals surface area contributed by atoms with E-state index in [0.717, 1.165) is 6.26 Å². The van der Waals surface area contributed by atoms with E-state index in [-0.39, 0.29) is 17.2 Å². The Morgan fingerprint density at radius 3 is 2.56 bits per heavy atom. The first-order chi connectivity index (χ1) is 15.2. The molecule has 170 valence electrons. The van der Waals surface area contributed by atoms with Crippen LogP contribution in [0.4, 0.5) is 10.1 Å². The number of furan rings is 1. The Labute approximate surface area is 185 Å². The van der Waals surface area contributed by atoms with Gasteiger partial charge in [-0.3, -0.25) is 9.10 Å². The van der Waals surface area contributed by atoms with Gasteiger partial charge in [0.25, 0.3) is 5.91 Å². The van der Waals surface area contributed by atoms with Crippen molar-refractivity contribution in [2.75, 3.05) is 44.4 Å². The van der Waals surface area contributed by atoms with Crippen LogP contribution in [0.15, 0.2) is 40.8 Å². The zero-order chi connectivity index (χ0) is 23.0. The largest absolute Gasteiger partial charge is 0.455 e. The van der Waals surface area contributed by atoms with Crippen LogP contribution in [-0.4, -0.2) is 54.4 Å². The van der Waals surface area contributed by atoms with Gasteiger partial charge in [0, 0.05) is 49.8 Å². The van der Waals surface area contributed by atoms with E-state index in [1.807, 2.05) is 0 Å². The molecule has 0 aliphatic carbocycles. The SMILES string of the molecule is CNC(=O)c1c(-c2ccc(F)cc2)oc2cc(N(C)S(C)(=O)=O)c(C3CNCCO3)cc12. The second-order valence-corrected chi connectivity index (χ2v) is 9.61. The summed E-state index contributed by atoms with van der Waals surface area (Å²) >= 11 is 0. The molecule has 2 heterocycles. The monoisotopic (exact) mass is 461 g/mol. The number of nitrogens with zero attached hydrogens (tertiary/aromatic N) is 1. The zero-order valence-electron chi connectivity index (χ0n) is 17.9. The summed E-state index contributed by atoms with van der Waals surface area (Å²) in [7, 11) is -0.604. The third-order valence-corrected chi connectivity index (χ3v) is 6.70. The number of halogens is 1. The van der Waals surface area contributed by atoms with Gasteiger partial charge >= 0.3 is 0 Å². The van der Waals surface area contributed by atoms with Crippen LogP contribution in [0.2, 0.25) is 0 Å². The van der Waals surface area contributed by atoms with E-state index >= 15 is 0 Å². The molecule has 4 rings (SSSR count). The minimum Gasteiger partial charge on any atom is -0.455 e. The van der Waals surface area contributed by atoms with E-state index in [9.17, 15) is 17.6 Å². The molecule has 0 bridgehead atoms. The number of carbonyl (C=O) groups excluding carboxylic acids is 1. The second-order valence-electron chi connectivity index (χ2n) is 7.59. The maximum Gasteiger partial charge on any atom is 0.255 e. The van der Waals surface area contributed by atoms with Crippen molar-refractivity contribution < 1.29 is 26.8 Å². The normalized spacial score (nSPS) is 16.8. The number of hydrogen-bond acceptors (Lipinski definition) is 6. The molecule has 0 spiro atoms. The quantitative estimate of drug-likeness (QED) is 0.606. The van der Waals surface area contributed by atoms with Gasteiger partial charge in [-0.25, -0.2) is 12.8 Å². The predicted octanol–water partition coefficient (Wildman–Crippen LogP) is 2.66.